The van der Waals surface area contributed by atoms with Crippen LogP contribution in [0.2, 0.25) is 0 Å². The molecule has 114 valence electrons. The Hall–Kier alpha value is -2.15. The summed E-state index contributed by atoms with van der Waals surface area (Å²) < 4.78 is 10.2. The summed E-state index contributed by atoms with van der Waals surface area (Å²) in [6.45, 7) is 3.61. The number of morpholine rings is 1. The number of hydrogen-bond donors (Lipinski definition) is 0. The van der Waals surface area contributed by atoms with Gasteiger partial charge in [0.05, 0.1) is 31.2 Å². The van der Waals surface area contributed by atoms with Gasteiger partial charge < -0.3 is 14.4 Å². The van der Waals surface area contributed by atoms with Crippen molar-refractivity contribution in [1.82, 2.24) is 0 Å². The van der Waals surface area contributed by atoms with Crippen LogP contribution in [0.4, 0.5) is 11.4 Å². The number of anilines is 1. The maximum Gasteiger partial charge on any atom is 0.308 e. The van der Waals surface area contributed by atoms with Crippen LogP contribution in [0.25, 0.3) is 0 Å². The van der Waals surface area contributed by atoms with E-state index in [9.17, 15) is 14.9 Å². The fourth-order valence-corrected chi connectivity index (χ4v) is 2.44. The lowest BCUT2D eigenvalue weighted by atomic mass is 10.1. The highest BCUT2D eigenvalue weighted by atomic mass is 16.6. The van der Waals surface area contributed by atoms with Crippen molar-refractivity contribution in [2.45, 2.75) is 19.4 Å². The van der Waals surface area contributed by atoms with Gasteiger partial charge in [-0.1, -0.05) is 0 Å². The molecule has 1 aromatic rings. The van der Waals surface area contributed by atoms with E-state index in [0.29, 0.717) is 19.7 Å². The van der Waals surface area contributed by atoms with Gasteiger partial charge in [0.25, 0.3) is 5.69 Å². The Morgan fingerprint density at radius 1 is 1.57 bits per heavy atom. The molecule has 0 N–H and O–H groups in total. The number of methoxy groups -OCH3 is 1. The van der Waals surface area contributed by atoms with Gasteiger partial charge in [-0.3, -0.25) is 14.9 Å². The van der Waals surface area contributed by atoms with Crippen molar-refractivity contribution < 1.29 is 19.2 Å². The Morgan fingerprint density at radius 3 is 2.95 bits per heavy atom. The SMILES string of the molecule is COC(=O)CC1CN(c2ccc([N+](=O)[O-])cc2C)CCO1. The third-order valence-electron chi connectivity index (χ3n) is 3.49. The minimum absolute atomic E-state index is 0.0793. The Kier molecular flexibility index (Phi) is 4.74. The first-order valence-corrected chi connectivity index (χ1v) is 6.69. The van der Waals surface area contributed by atoms with Crippen LogP contribution in [-0.2, 0) is 14.3 Å². The predicted molar refractivity (Wildman–Crippen MR) is 76.4 cm³/mol. The quantitative estimate of drug-likeness (QED) is 0.477. The van der Waals surface area contributed by atoms with E-state index in [0.717, 1.165) is 11.3 Å². The van der Waals surface area contributed by atoms with Crippen LogP contribution >= 0.6 is 0 Å². The van der Waals surface area contributed by atoms with Gasteiger partial charge in [-0.15, -0.1) is 0 Å². The molecule has 1 aromatic carbocycles. The summed E-state index contributed by atoms with van der Waals surface area (Å²) in [5, 5.41) is 10.8. The summed E-state index contributed by atoms with van der Waals surface area (Å²) in [6.07, 6.45) is -0.0141. The zero-order chi connectivity index (χ0) is 15.4. The molecule has 1 unspecified atom stereocenters. The van der Waals surface area contributed by atoms with Crippen LogP contribution < -0.4 is 4.90 Å². The summed E-state index contributed by atoms with van der Waals surface area (Å²) in [5.74, 6) is -0.303. The second-order valence-corrected chi connectivity index (χ2v) is 4.95. The molecule has 0 spiro atoms. The van der Waals surface area contributed by atoms with Gasteiger partial charge in [0.1, 0.15) is 0 Å². The molecule has 1 aliphatic rings. The number of rotatable bonds is 4. The second kappa shape index (κ2) is 6.53. The van der Waals surface area contributed by atoms with E-state index in [-0.39, 0.29) is 24.2 Å². The summed E-state index contributed by atoms with van der Waals surface area (Å²) in [4.78, 5) is 23.8. The Morgan fingerprint density at radius 2 is 2.33 bits per heavy atom. The predicted octanol–water partition coefficient (Wildman–Crippen LogP) is 1.67. The largest absolute Gasteiger partial charge is 0.469 e. The van der Waals surface area contributed by atoms with Gasteiger partial charge in [-0.05, 0) is 18.6 Å². The molecule has 7 heteroatoms. The van der Waals surface area contributed by atoms with Crippen LogP contribution in [0.3, 0.4) is 0 Å². The van der Waals surface area contributed by atoms with Gasteiger partial charge in [0, 0.05) is 30.9 Å². The number of esters is 1. The number of aryl methyl sites for hydroxylation is 1. The van der Waals surface area contributed by atoms with Crippen molar-refractivity contribution in [2.75, 3.05) is 31.7 Å². The van der Waals surface area contributed by atoms with Crippen molar-refractivity contribution in [2.24, 2.45) is 0 Å². The van der Waals surface area contributed by atoms with Crippen molar-refractivity contribution in [3.63, 3.8) is 0 Å². The van der Waals surface area contributed by atoms with Gasteiger partial charge in [0.2, 0.25) is 0 Å². The third kappa shape index (κ3) is 3.69. The Bertz CT molecular complexity index is 546. The van der Waals surface area contributed by atoms with Crippen LogP contribution in [0.15, 0.2) is 18.2 Å². The molecule has 21 heavy (non-hydrogen) atoms. The minimum Gasteiger partial charge on any atom is -0.469 e. The highest BCUT2D eigenvalue weighted by Crippen LogP contribution is 2.26. The van der Waals surface area contributed by atoms with Crippen molar-refractivity contribution in [3.8, 4) is 0 Å². The second-order valence-electron chi connectivity index (χ2n) is 4.95. The minimum atomic E-state index is -0.407. The van der Waals surface area contributed by atoms with Crippen LogP contribution in [-0.4, -0.2) is 43.8 Å². The van der Waals surface area contributed by atoms with Crippen molar-refractivity contribution in [3.05, 3.63) is 33.9 Å². The molecule has 0 aromatic heterocycles. The maximum absolute atomic E-state index is 11.3. The standard InChI is InChI=1S/C14H18N2O5/c1-10-7-11(16(18)19)3-4-13(10)15-5-6-21-12(9-15)8-14(17)20-2/h3-4,7,12H,5-6,8-9H2,1-2H3. The molecule has 7 nitrogen and oxygen atoms in total. The number of carbonyl (C=O) groups excluding carboxylic acids is 1. The number of carbonyl (C=O) groups is 1. The summed E-state index contributed by atoms with van der Waals surface area (Å²) in [5.41, 5.74) is 1.84. The molecule has 1 aliphatic heterocycles. The zero-order valence-electron chi connectivity index (χ0n) is 12.1. The number of hydrogen-bond acceptors (Lipinski definition) is 6. The summed E-state index contributed by atoms with van der Waals surface area (Å²) >= 11 is 0. The lowest BCUT2D eigenvalue weighted by molar-refractivity contribution is -0.384. The lowest BCUT2D eigenvalue weighted by Crippen LogP contribution is -2.43. The Labute approximate surface area is 122 Å². The van der Waals surface area contributed by atoms with E-state index in [1.165, 1.54) is 13.2 Å². The number of nitrogens with zero attached hydrogens (tertiary/aromatic N) is 2. The number of nitro groups is 1. The smallest absolute Gasteiger partial charge is 0.308 e. The van der Waals surface area contributed by atoms with Gasteiger partial charge in [-0.25, -0.2) is 0 Å². The molecule has 2 rings (SSSR count). The van der Waals surface area contributed by atoms with E-state index >= 15 is 0 Å². The first-order valence-electron chi connectivity index (χ1n) is 6.69. The van der Waals surface area contributed by atoms with Crippen molar-refractivity contribution >= 4 is 17.3 Å². The average Bonchev–Trinajstić information content (AvgIpc) is 2.47. The maximum atomic E-state index is 11.3. The number of nitro benzene ring substituents is 1. The average molecular weight is 294 g/mol. The number of ether oxygens (including phenoxy) is 2. The van der Waals surface area contributed by atoms with E-state index in [2.05, 4.69) is 9.64 Å². The lowest BCUT2D eigenvalue weighted by Gasteiger charge is -2.34. The van der Waals surface area contributed by atoms with Gasteiger partial charge in [0.15, 0.2) is 0 Å². The van der Waals surface area contributed by atoms with E-state index in [1.807, 2.05) is 6.92 Å². The topological polar surface area (TPSA) is 81.9 Å². The zero-order valence-corrected chi connectivity index (χ0v) is 12.1. The molecule has 1 fully saturated rings. The molecule has 0 radical (unpaired) electrons. The molecule has 0 bridgehead atoms. The van der Waals surface area contributed by atoms with Gasteiger partial charge >= 0.3 is 5.97 Å². The van der Waals surface area contributed by atoms with Crippen LogP contribution in [0.1, 0.15) is 12.0 Å². The third-order valence-corrected chi connectivity index (χ3v) is 3.49. The molecule has 1 saturated heterocycles. The molecule has 1 heterocycles. The molecule has 0 amide bonds. The highest BCUT2D eigenvalue weighted by Gasteiger charge is 2.24. The number of non-ortho nitro benzene ring substituents is 1. The van der Waals surface area contributed by atoms with Crippen LogP contribution in [0, 0.1) is 17.0 Å². The number of benzene rings is 1. The molecule has 0 saturated carbocycles. The highest BCUT2D eigenvalue weighted by molar-refractivity contribution is 5.70. The molecular formula is C14H18N2O5. The van der Waals surface area contributed by atoms with Gasteiger partial charge in [-0.2, -0.15) is 0 Å². The van der Waals surface area contributed by atoms with Crippen molar-refractivity contribution in [1.29, 1.82) is 0 Å². The summed E-state index contributed by atoms with van der Waals surface area (Å²) in [6, 6.07) is 4.79. The first-order chi connectivity index (χ1) is 10.0. The fraction of sp³-hybridized carbons (Fsp3) is 0.500. The van der Waals surface area contributed by atoms with Crippen LogP contribution in [0.5, 0.6) is 0 Å². The van der Waals surface area contributed by atoms with E-state index in [1.54, 1.807) is 12.1 Å². The summed E-state index contributed by atoms with van der Waals surface area (Å²) in [7, 11) is 1.35. The normalized spacial score (nSPS) is 18.4. The molecule has 0 aliphatic carbocycles. The van der Waals surface area contributed by atoms with E-state index in [4.69, 9.17) is 4.74 Å². The first kappa shape index (κ1) is 15.2. The monoisotopic (exact) mass is 294 g/mol. The Balaban J connectivity index is 2.10. The fourth-order valence-electron chi connectivity index (χ4n) is 2.44. The molecule has 1 atom stereocenters. The van der Waals surface area contributed by atoms with E-state index < -0.39 is 4.92 Å². The molecular weight excluding hydrogens is 276 g/mol.